The molecule has 106 valence electrons. The van der Waals surface area contributed by atoms with Crippen molar-refractivity contribution in [1.29, 1.82) is 0 Å². The van der Waals surface area contributed by atoms with Gasteiger partial charge in [0.1, 0.15) is 5.75 Å². The van der Waals surface area contributed by atoms with Crippen LogP contribution in [-0.4, -0.2) is 30.9 Å². The Kier molecular flexibility index (Phi) is 6.60. The molecule has 3 heteroatoms. The molecule has 0 amide bonds. The van der Waals surface area contributed by atoms with Crippen LogP contribution in [0.2, 0.25) is 0 Å². The predicted molar refractivity (Wildman–Crippen MR) is 80.4 cm³/mol. The topological polar surface area (TPSA) is 41.5 Å². The highest BCUT2D eigenvalue weighted by atomic mass is 16.5. The minimum Gasteiger partial charge on any atom is -0.496 e. The van der Waals surface area contributed by atoms with Crippen LogP contribution in [0, 0.1) is 0 Å². The zero-order valence-corrected chi connectivity index (χ0v) is 12.1. The van der Waals surface area contributed by atoms with Gasteiger partial charge in [0.25, 0.3) is 0 Å². The lowest BCUT2D eigenvalue weighted by molar-refractivity contribution is 0.169. The van der Waals surface area contributed by atoms with Crippen LogP contribution in [0.25, 0.3) is 6.08 Å². The van der Waals surface area contributed by atoms with Crippen LogP contribution in [0.5, 0.6) is 5.75 Å². The number of ether oxygens (including phenoxy) is 1. The fourth-order valence-electron chi connectivity index (χ4n) is 2.07. The first-order valence-corrected chi connectivity index (χ1v) is 6.80. The highest BCUT2D eigenvalue weighted by molar-refractivity contribution is 5.57. The molecule has 1 aromatic rings. The third-order valence-corrected chi connectivity index (χ3v) is 3.23. The molecule has 0 aliphatic heterocycles. The van der Waals surface area contributed by atoms with Gasteiger partial charge in [-0.05, 0) is 19.4 Å². The molecule has 1 aromatic carbocycles. The Morgan fingerprint density at radius 1 is 1.37 bits per heavy atom. The van der Waals surface area contributed by atoms with Gasteiger partial charge in [-0.1, -0.05) is 43.7 Å². The second-order valence-electron chi connectivity index (χ2n) is 4.99. The van der Waals surface area contributed by atoms with E-state index in [0.29, 0.717) is 0 Å². The molecule has 0 heterocycles. The van der Waals surface area contributed by atoms with E-state index in [1.807, 2.05) is 37.3 Å². The van der Waals surface area contributed by atoms with E-state index in [1.54, 1.807) is 7.11 Å². The lowest BCUT2D eigenvalue weighted by Gasteiger charge is -2.27. The Morgan fingerprint density at radius 3 is 2.74 bits per heavy atom. The van der Waals surface area contributed by atoms with E-state index in [4.69, 9.17) is 4.74 Å². The minimum absolute atomic E-state index is 0.156. The maximum atomic E-state index is 9.41. The SMILES string of the molecule is CCCC(C)(CO)NCC=Cc1ccccc1OC. The monoisotopic (exact) mass is 263 g/mol. The van der Waals surface area contributed by atoms with Crippen molar-refractivity contribution in [2.45, 2.75) is 32.2 Å². The average Bonchev–Trinajstić information content (AvgIpc) is 2.44. The largest absolute Gasteiger partial charge is 0.496 e. The van der Waals surface area contributed by atoms with Gasteiger partial charge in [-0.25, -0.2) is 0 Å². The smallest absolute Gasteiger partial charge is 0.126 e. The van der Waals surface area contributed by atoms with Gasteiger partial charge in [0.05, 0.1) is 13.7 Å². The van der Waals surface area contributed by atoms with Gasteiger partial charge in [0.2, 0.25) is 0 Å². The molecule has 19 heavy (non-hydrogen) atoms. The van der Waals surface area contributed by atoms with Gasteiger partial charge in [-0.15, -0.1) is 0 Å². The number of hydrogen-bond acceptors (Lipinski definition) is 3. The number of rotatable bonds is 8. The summed E-state index contributed by atoms with van der Waals surface area (Å²) < 4.78 is 5.29. The summed E-state index contributed by atoms with van der Waals surface area (Å²) in [5, 5.41) is 12.8. The number of hydrogen-bond donors (Lipinski definition) is 2. The summed E-state index contributed by atoms with van der Waals surface area (Å²) in [5.41, 5.74) is 0.868. The number of aliphatic hydroxyl groups excluding tert-OH is 1. The van der Waals surface area contributed by atoms with Gasteiger partial charge in [0.15, 0.2) is 0 Å². The summed E-state index contributed by atoms with van der Waals surface area (Å²) >= 11 is 0. The van der Waals surface area contributed by atoms with Crippen molar-refractivity contribution < 1.29 is 9.84 Å². The molecule has 0 bridgehead atoms. The Balaban J connectivity index is 2.54. The fraction of sp³-hybridized carbons (Fsp3) is 0.500. The maximum absolute atomic E-state index is 9.41. The van der Waals surface area contributed by atoms with E-state index >= 15 is 0 Å². The predicted octanol–water partition coefficient (Wildman–Crippen LogP) is 2.85. The molecule has 0 saturated carbocycles. The van der Waals surface area contributed by atoms with Crippen molar-refractivity contribution in [2.24, 2.45) is 0 Å². The van der Waals surface area contributed by atoms with Crippen LogP contribution in [-0.2, 0) is 0 Å². The number of aliphatic hydroxyl groups is 1. The number of benzene rings is 1. The van der Waals surface area contributed by atoms with E-state index in [-0.39, 0.29) is 12.1 Å². The van der Waals surface area contributed by atoms with Crippen LogP contribution in [0.4, 0.5) is 0 Å². The van der Waals surface area contributed by atoms with Gasteiger partial charge < -0.3 is 15.2 Å². The zero-order chi connectivity index (χ0) is 14.1. The molecule has 1 unspecified atom stereocenters. The quantitative estimate of drug-likeness (QED) is 0.758. The van der Waals surface area contributed by atoms with E-state index in [9.17, 15) is 5.11 Å². The van der Waals surface area contributed by atoms with Gasteiger partial charge in [0, 0.05) is 17.6 Å². The molecule has 0 saturated heterocycles. The second-order valence-corrected chi connectivity index (χ2v) is 4.99. The molecule has 0 fully saturated rings. The van der Waals surface area contributed by atoms with Crippen LogP contribution in [0.15, 0.2) is 30.3 Å². The van der Waals surface area contributed by atoms with Gasteiger partial charge in [-0.2, -0.15) is 0 Å². The number of methoxy groups -OCH3 is 1. The average molecular weight is 263 g/mol. The molecule has 2 N–H and O–H groups in total. The summed E-state index contributed by atoms with van der Waals surface area (Å²) in [6, 6.07) is 7.91. The number of para-hydroxylation sites is 1. The lowest BCUT2D eigenvalue weighted by Crippen LogP contribution is -2.45. The van der Waals surface area contributed by atoms with Crippen molar-refractivity contribution in [1.82, 2.24) is 5.32 Å². The van der Waals surface area contributed by atoms with E-state index in [1.165, 1.54) is 0 Å². The van der Waals surface area contributed by atoms with Crippen LogP contribution in [0.1, 0.15) is 32.3 Å². The summed E-state index contributed by atoms with van der Waals surface area (Å²) in [7, 11) is 1.68. The van der Waals surface area contributed by atoms with Crippen molar-refractivity contribution in [3.63, 3.8) is 0 Å². The van der Waals surface area contributed by atoms with Crippen molar-refractivity contribution in [2.75, 3.05) is 20.3 Å². The minimum atomic E-state index is -0.195. The van der Waals surface area contributed by atoms with Crippen LogP contribution < -0.4 is 10.1 Å². The lowest BCUT2D eigenvalue weighted by atomic mass is 9.97. The Morgan fingerprint density at radius 2 is 2.11 bits per heavy atom. The molecule has 0 radical (unpaired) electrons. The van der Waals surface area contributed by atoms with Gasteiger partial charge >= 0.3 is 0 Å². The first-order valence-electron chi connectivity index (χ1n) is 6.80. The molecule has 1 atom stereocenters. The van der Waals surface area contributed by atoms with E-state index < -0.39 is 0 Å². The first-order chi connectivity index (χ1) is 9.15. The third kappa shape index (κ3) is 5.05. The first kappa shape index (κ1) is 15.7. The van der Waals surface area contributed by atoms with Gasteiger partial charge in [-0.3, -0.25) is 0 Å². The van der Waals surface area contributed by atoms with Crippen molar-refractivity contribution in [3.05, 3.63) is 35.9 Å². The zero-order valence-electron chi connectivity index (χ0n) is 12.1. The maximum Gasteiger partial charge on any atom is 0.126 e. The Labute approximate surface area is 116 Å². The summed E-state index contributed by atoms with van der Waals surface area (Å²) in [5.74, 6) is 0.872. The van der Waals surface area contributed by atoms with Crippen molar-refractivity contribution >= 4 is 6.08 Å². The molecule has 3 nitrogen and oxygen atoms in total. The second kappa shape index (κ2) is 7.97. The molecular formula is C16H25NO2. The Hall–Kier alpha value is -1.32. The summed E-state index contributed by atoms with van der Waals surface area (Å²) in [4.78, 5) is 0. The summed E-state index contributed by atoms with van der Waals surface area (Å²) in [6.07, 6.45) is 6.11. The molecule has 0 aliphatic rings. The third-order valence-electron chi connectivity index (χ3n) is 3.23. The molecule has 0 aliphatic carbocycles. The molecule has 1 rings (SSSR count). The van der Waals surface area contributed by atoms with Crippen LogP contribution in [0.3, 0.4) is 0 Å². The van der Waals surface area contributed by atoms with Crippen molar-refractivity contribution in [3.8, 4) is 5.75 Å². The fourth-order valence-corrected chi connectivity index (χ4v) is 2.07. The highest BCUT2D eigenvalue weighted by Crippen LogP contribution is 2.18. The normalized spacial score (nSPS) is 14.5. The van der Waals surface area contributed by atoms with E-state index in [0.717, 1.165) is 30.7 Å². The Bertz CT molecular complexity index is 403. The molecular weight excluding hydrogens is 238 g/mol. The highest BCUT2D eigenvalue weighted by Gasteiger charge is 2.20. The molecule has 0 aromatic heterocycles. The molecule has 0 spiro atoms. The number of nitrogens with one attached hydrogen (secondary N) is 1. The standard InChI is InChI=1S/C16H25NO2/c1-4-11-16(2,13-18)17-12-7-9-14-8-5-6-10-15(14)19-3/h5-10,17-18H,4,11-13H2,1-3H3. The summed E-state index contributed by atoms with van der Waals surface area (Å²) in [6.45, 7) is 5.06. The van der Waals surface area contributed by atoms with E-state index in [2.05, 4.69) is 18.3 Å². The van der Waals surface area contributed by atoms with Crippen LogP contribution >= 0.6 is 0 Å².